The molecule has 0 radical (unpaired) electrons. The molecule has 1 aliphatic heterocycles. The van der Waals surface area contributed by atoms with E-state index in [-0.39, 0.29) is 5.92 Å². The van der Waals surface area contributed by atoms with Gasteiger partial charge in [-0.2, -0.15) is 10.4 Å². The Morgan fingerprint density at radius 1 is 1.12 bits per heavy atom. The molecular formula is C19H18N6O. The number of hydrogen-bond donors (Lipinski definition) is 2. The Hall–Kier alpha value is -3.14. The van der Waals surface area contributed by atoms with Gasteiger partial charge in [0.2, 0.25) is 0 Å². The van der Waals surface area contributed by atoms with Crippen LogP contribution < -0.4 is 5.32 Å². The van der Waals surface area contributed by atoms with E-state index in [1.807, 2.05) is 24.4 Å². The predicted molar refractivity (Wildman–Crippen MR) is 95.1 cm³/mol. The fourth-order valence-electron chi connectivity index (χ4n) is 4.35. The third-order valence-electron chi connectivity index (χ3n) is 5.57. The van der Waals surface area contributed by atoms with Gasteiger partial charge in [0.25, 0.3) is 0 Å². The number of anilines is 1. The minimum atomic E-state index is -0.220. The molecule has 0 spiro atoms. The molecule has 7 heteroatoms. The molecule has 7 nitrogen and oxygen atoms in total. The molecule has 1 aromatic carbocycles. The summed E-state index contributed by atoms with van der Waals surface area (Å²) in [6.07, 6.45) is 7.75. The van der Waals surface area contributed by atoms with Crippen LogP contribution in [0.4, 0.5) is 5.82 Å². The van der Waals surface area contributed by atoms with Crippen molar-refractivity contribution in [2.75, 3.05) is 5.32 Å². The molecule has 3 aromatic rings. The zero-order valence-electron chi connectivity index (χ0n) is 14.2. The summed E-state index contributed by atoms with van der Waals surface area (Å²) >= 11 is 0. The van der Waals surface area contributed by atoms with Crippen molar-refractivity contribution in [1.82, 2.24) is 20.5 Å². The molecule has 5 rings (SSSR count). The Bertz CT molecular complexity index is 1030. The number of nitrogens with one attached hydrogen (secondary N) is 2. The molecule has 26 heavy (non-hydrogen) atoms. The van der Waals surface area contributed by atoms with Crippen molar-refractivity contribution in [3.8, 4) is 6.07 Å². The molecule has 2 aliphatic rings. The number of H-pyrrole nitrogens is 1. The van der Waals surface area contributed by atoms with E-state index in [0.717, 1.165) is 41.1 Å². The van der Waals surface area contributed by atoms with E-state index in [1.165, 1.54) is 19.3 Å². The van der Waals surface area contributed by atoms with Crippen LogP contribution in [0, 0.1) is 17.2 Å². The second-order valence-corrected chi connectivity index (χ2v) is 7.00. The van der Waals surface area contributed by atoms with Gasteiger partial charge in [-0.3, -0.25) is 5.10 Å². The fourth-order valence-corrected chi connectivity index (χ4v) is 4.35. The minimum absolute atomic E-state index is 0.220. The summed E-state index contributed by atoms with van der Waals surface area (Å²) in [7, 11) is 0. The lowest BCUT2D eigenvalue weighted by Crippen LogP contribution is -2.24. The van der Waals surface area contributed by atoms with Gasteiger partial charge < -0.3 is 5.32 Å². The monoisotopic (exact) mass is 346 g/mol. The number of aromatic nitrogens is 4. The van der Waals surface area contributed by atoms with Crippen molar-refractivity contribution >= 4 is 16.9 Å². The Labute approximate surface area is 150 Å². The molecule has 1 unspecified atom stereocenters. The van der Waals surface area contributed by atoms with Gasteiger partial charge >= 0.3 is 0 Å². The molecular weight excluding hydrogens is 328 g/mol. The number of benzene rings is 1. The van der Waals surface area contributed by atoms with Crippen LogP contribution in [0.5, 0.6) is 0 Å². The van der Waals surface area contributed by atoms with Gasteiger partial charge in [0.1, 0.15) is 11.0 Å². The number of aromatic amines is 1. The number of rotatable bonds is 2. The van der Waals surface area contributed by atoms with Gasteiger partial charge in [-0.25, -0.2) is 4.63 Å². The van der Waals surface area contributed by atoms with E-state index in [9.17, 15) is 5.26 Å². The van der Waals surface area contributed by atoms with Crippen molar-refractivity contribution in [3.05, 3.63) is 46.8 Å². The average Bonchev–Trinajstić information content (AvgIpc) is 3.36. The van der Waals surface area contributed by atoms with Crippen molar-refractivity contribution in [1.29, 1.82) is 5.26 Å². The van der Waals surface area contributed by atoms with E-state index in [0.29, 0.717) is 17.0 Å². The summed E-state index contributed by atoms with van der Waals surface area (Å²) < 4.78 is 4.94. The molecule has 2 N–H and O–H groups in total. The Morgan fingerprint density at radius 3 is 2.85 bits per heavy atom. The molecule has 0 amide bonds. The van der Waals surface area contributed by atoms with Gasteiger partial charge in [0, 0.05) is 23.4 Å². The maximum absolute atomic E-state index is 10.1. The lowest BCUT2D eigenvalue weighted by molar-refractivity contribution is 0.315. The molecule has 1 saturated carbocycles. The minimum Gasteiger partial charge on any atom is -0.341 e. The number of nitrogens with zero attached hydrogens (tertiary/aromatic N) is 4. The Morgan fingerprint density at radius 2 is 2.00 bits per heavy atom. The first-order valence-corrected chi connectivity index (χ1v) is 9.03. The second-order valence-electron chi connectivity index (χ2n) is 7.00. The summed E-state index contributed by atoms with van der Waals surface area (Å²) in [6.45, 7) is 0. The highest BCUT2D eigenvalue weighted by Gasteiger charge is 2.35. The predicted octanol–water partition coefficient (Wildman–Crippen LogP) is 3.86. The molecule has 3 heterocycles. The number of allylic oxidation sites excluding steroid dienone is 2. The van der Waals surface area contributed by atoms with Gasteiger partial charge in [0.05, 0.1) is 17.6 Å². The topological polar surface area (TPSA) is 103 Å². The molecule has 0 saturated heterocycles. The van der Waals surface area contributed by atoms with Crippen molar-refractivity contribution in [2.45, 2.75) is 38.0 Å². The van der Waals surface area contributed by atoms with Crippen molar-refractivity contribution < 1.29 is 4.63 Å². The third kappa shape index (κ3) is 2.22. The molecule has 1 fully saturated rings. The van der Waals surface area contributed by atoms with Crippen LogP contribution in [0.2, 0.25) is 0 Å². The van der Waals surface area contributed by atoms with Crippen LogP contribution in [0.3, 0.4) is 0 Å². The van der Waals surface area contributed by atoms with Crippen LogP contribution in [-0.2, 0) is 0 Å². The average molecular weight is 346 g/mol. The van der Waals surface area contributed by atoms with Crippen molar-refractivity contribution in [2.24, 2.45) is 5.92 Å². The van der Waals surface area contributed by atoms with Crippen LogP contribution in [0.15, 0.2) is 40.3 Å². The molecule has 130 valence electrons. The quantitative estimate of drug-likeness (QED) is 0.730. The van der Waals surface area contributed by atoms with E-state index in [1.54, 1.807) is 0 Å². The highest BCUT2D eigenvalue weighted by Crippen LogP contribution is 2.45. The largest absolute Gasteiger partial charge is 0.341 e. The van der Waals surface area contributed by atoms with E-state index >= 15 is 0 Å². The van der Waals surface area contributed by atoms with E-state index in [4.69, 9.17) is 4.63 Å². The van der Waals surface area contributed by atoms with Crippen LogP contribution in [0.25, 0.3) is 11.0 Å². The summed E-state index contributed by atoms with van der Waals surface area (Å²) in [4.78, 5) is 0. The maximum Gasteiger partial charge on any atom is 0.156 e. The summed E-state index contributed by atoms with van der Waals surface area (Å²) in [5.74, 6) is 0.950. The lowest BCUT2D eigenvalue weighted by atomic mass is 9.77. The van der Waals surface area contributed by atoms with Crippen LogP contribution >= 0.6 is 0 Å². The van der Waals surface area contributed by atoms with E-state index < -0.39 is 0 Å². The van der Waals surface area contributed by atoms with Gasteiger partial charge in [-0.05, 0) is 34.8 Å². The standard InChI is InChI=1S/C19H18N6O/c20-9-13-16(12-7-4-8-15-18(12)25-26-24-15)14-10-21-23-19(14)22-17(13)11-5-2-1-3-6-11/h4,7-8,10-11,16H,1-3,5-6H2,(H2,21,22,23). The van der Waals surface area contributed by atoms with Gasteiger partial charge in [-0.15, -0.1) is 0 Å². The maximum atomic E-state index is 10.1. The highest BCUT2D eigenvalue weighted by atomic mass is 16.6. The summed E-state index contributed by atoms with van der Waals surface area (Å²) in [6, 6.07) is 8.27. The van der Waals surface area contributed by atoms with E-state index in [2.05, 4.69) is 31.9 Å². The van der Waals surface area contributed by atoms with Crippen LogP contribution in [0.1, 0.15) is 49.1 Å². The molecule has 1 atom stereocenters. The Kier molecular flexibility index (Phi) is 3.49. The third-order valence-corrected chi connectivity index (χ3v) is 5.57. The second kappa shape index (κ2) is 5.99. The first kappa shape index (κ1) is 15.1. The van der Waals surface area contributed by atoms with Crippen LogP contribution in [-0.4, -0.2) is 20.5 Å². The smallest absolute Gasteiger partial charge is 0.156 e. The Balaban J connectivity index is 1.72. The normalized spacial score (nSPS) is 20.7. The molecule has 0 bridgehead atoms. The number of fused-ring (bicyclic) bond motifs is 2. The fraction of sp³-hybridized carbons (Fsp3) is 0.368. The lowest BCUT2D eigenvalue weighted by Gasteiger charge is -2.32. The zero-order chi connectivity index (χ0) is 17.5. The van der Waals surface area contributed by atoms with Gasteiger partial charge in [0.15, 0.2) is 5.82 Å². The zero-order valence-corrected chi connectivity index (χ0v) is 14.2. The van der Waals surface area contributed by atoms with Gasteiger partial charge in [-0.1, -0.05) is 31.4 Å². The number of hydrogen-bond acceptors (Lipinski definition) is 6. The summed E-state index contributed by atoms with van der Waals surface area (Å²) in [5.41, 5.74) is 5.05. The first-order valence-electron chi connectivity index (χ1n) is 9.03. The summed E-state index contributed by atoms with van der Waals surface area (Å²) in [5, 5.41) is 28.9. The number of nitriles is 1. The first-order chi connectivity index (χ1) is 12.9. The van der Waals surface area contributed by atoms with Crippen molar-refractivity contribution in [3.63, 3.8) is 0 Å². The highest BCUT2D eigenvalue weighted by molar-refractivity contribution is 5.80. The molecule has 1 aliphatic carbocycles. The SMILES string of the molecule is N#CC1=C(C2CCCCC2)Nc2n[nH]cc2C1c1cccc2nonc12. The molecule has 2 aromatic heterocycles.